The van der Waals surface area contributed by atoms with Gasteiger partial charge in [0.05, 0.1) is 4.90 Å². The number of nitrogens with zero attached hydrogens (tertiary/aromatic N) is 2. The Morgan fingerprint density at radius 2 is 1.76 bits per heavy atom. The van der Waals surface area contributed by atoms with Crippen molar-refractivity contribution in [2.24, 2.45) is 0 Å². The summed E-state index contributed by atoms with van der Waals surface area (Å²) < 4.78 is 27.0. The lowest BCUT2D eigenvalue weighted by Gasteiger charge is -2.21. The molecule has 1 aromatic rings. The molecule has 1 aromatic carbocycles. The molecular formula is C17H30N4O2S2. The van der Waals surface area contributed by atoms with Crippen LogP contribution in [0.1, 0.15) is 25.0 Å². The van der Waals surface area contributed by atoms with Crippen molar-refractivity contribution >= 4 is 33.0 Å². The van der Waals surface area contributed by atoms with Gasteiger partial charge in [-0.15, -0.1) is 0 Å². The van der Waals surface area contributed by atoms with Gasteiger partial charge in [-0.25, -0.2) is 8.42 Å². The second-order valence-electron chi connectivity index (χ2n) is 6.19. The van der Waals surface area contributed by atoms with E-state index in [0.29, 0.717) is 30.4 Å². The first-order valence-electron chi connectivity index (χ1n) is 8.44. The molecule has 0 amide bonds. The van der Waals surface area contributed by atoms with Gasteiger partial charge in [0, 0.05) is 31.9 Å². The molecule has 0 bridgehead atoms. The van der Waals surface area contributed by atoms with E-state index < -0.39 is 10.0 Å². The lowest BCUT2D eigenvalue weighted by Crippen LogP contribution is -2.34. The molecule has 1 rings (SSSR count). The Bertz CT molecular complexity index is 699. The molecule has 8 heteroatoms. The van der Waals surface area contributed by atoms with E-state index in [1.165, 1.54) is 4.31 Å². The zero-order valence-corrected chi connectivity index (χ0v) is 17.6. The topological polar surface area (TPSA) is 64.7 Å². The average Bonchev–Trinajstić information content (AvgIpc) is 2.52. The molecule has 0 saturated heterocycles. The zero-order valence-electron chi connectivity index (χ0n) is 16.0. The molecule has 142 valence electrons. The fourth-order valence-electron chi connectivity index (χ4n) is 2.38. The number of benzene rings is 1. The zero-order chi connectivity index (χ0) is 19.2. The highest BCUT2D eigenvalue weighted by Gasteiger charge is 2.23. The third kappa shape index (κ3) is 5.91. The van der Waals surface area contributed by atoms with Gasteiger partial charge in [0.25, 0.3) is 0 Å². The molecule has 2 N–H and O–H groups in total. The molecular weight excluding hydrogens is 356 g/mol. The summed E-state index contributed by atoms with van der Waals surface area (Å²) in [6.07, 6.45) is 0. The number of nitrogens with one attached hydrogen (secondary N) is 2. The third-order valence-electron chi connectivity index (χ3n) is 4.08. The Labute approximate surface area is 157 Å². The normalized spacial score (nSPS) is 11.8. The van der Waals surface area contributed by atoms with E-state index in [1.807, 2.05) is 41.8 Å². The van der Waals surface area contributed by atoms with Crippen molar-refractivity contribution in [1.82, 2.24) is 14.5 Å². The SMILES string of the molecule is CCN(CC)S(=O)(=O)c1cc(C)c(C)c(NC(=S)NCCN(C)C)c1. The van der Waals surface area contributed by atoms with Crippen LogP contribution in [0.3, 0.4) is 0 Å². The van der Waals surface area contributed by atoms with Gasteiger partial charge < -0.3 is 15.5 Å². The smallest absolute Gasteiger partial charge is 0.243 e. The molecule has 0 saturated carbocycles. The van der Waals surface area contributed by atoms with Crippen molar-refractivity contribution in [3.8, 4) is 0 Å². The fraction of sp³-hybridized carbons (Fsp3) is 0.588. The summed E-state index contributed by atoms with van der Waals surface area (Å²) in [5.74, 6) is 0. The van der Waals surface area contributed by atoms with Crippen LogP contribution in [0.5, 0.6) is 0 Å². The highest BCUT2D eigenvalue weighted by molar-refractivity contribution is 7.89. The second-order valence-corrected chi connectivity index (χ2v) is 8.53. The van der Waals surface area contributed by atoms with E-state index in [1.54, 1.807) is 12.1 Å². The Hall–Kier alpha value is -1.22. The number of likely N-dealkylation sites (N-methyl/N-ethyl adjacent to an activating group) is 1. The van der Waals surface area contributed by atoms with Gasteiger partial charge in [-0.3, -0.25) is 0 Å². The quantitative estimate of drug-likeness (QED) is 0.668. The largest absolute Gasteiger partial charge is 0.361 e. The molecule has 25 heavy (non-hydrogen) atoms. The molecule has 0 atom stereocenters. The maximum atomic E-state index is 12.8. The molecule has 0 unspecified atom stereocenters. The molecule has 0 fully saturated rings. The van der Waals surface area contributed by atoms with Crippen LogP contribution in [0.2, 0.25) is 0 Å². The van der Waals surface area contributed by atoms with Crippen molar-refractivity contribution in [2.45, 2.75) is 32.6 Å². The number of rotatable bonds is 8. The number of sulfonamides is 1. The summed E-state index contributed by atoms with van der Waals surface area (Å²) in [6, 6.07) is 3.38. The number of hydrogen-bond donors (Lipinski definition) is 2. The van der Waals surface area contributed by atoms with Crippen molar-refractivity contribution in [3.63, 3.8) is 0 Å². The van der Waals surface area contributed by atoms with Crippen LogP contribution in [0.15, 0.2) is 17.0 Å². The molecule has 0 aromatic heterocycles. The summed E-state index contributed by atoms with van der Waals surface area (Å²) in [6.45, 7) is 10.00. The maximum Gasteiger partial charge on any atom is 0.243 e. The minimum absolute atomic E-state index is 0.290. The first-order chi connectivity index (χ1) is 11.6. The summed E-state index contributed by atoms with van der Waals surface area (Å²) in [4.78, 5) is 2.35. The molecule has 6 nitrogen and oxygen atoms in total. The van der Waals surface area contributed by atoms with Crippen molar-refractivity contribution < 1.29 is 8.42 Å². The predicted molar refractivity (Wildman–Crippen MR) is 109 cm³/mol. The van der Waals surface area contributed by atoms with Crippen LogP contribution in [0, 0.1) is 13.8 Å². The fourth-order valence-corrected chi connectivity index (χ4v) is 4.16. The monoisotopic (exact) mass is 386 g/mol. The van der Waals surface area contributed by atoms with Crippen LogP contribution in [-0.4, -0.2) is 63.0 Å². The Balaban J connectivity index is 3.06. The van der Waals surface area contributed by atoms with E-state index in [4.69, 9.17) is 12.2 Å². The van der Waals surface area contributed by atoms with Crippen molar-refractivity contribution in [1.29, 1.82) is 0 Å². The van der Waals surface area contributed by atoms with Gasteiger partial charge in [0.2, 0.25) is 10.0 Å². The van der Waals surface area contributed by atoms with Crippen LogP contribution in [-0.2, 0) is 10.0 Å². The van der Waals surface area contributed by atoms with Gasteiger partial charge in [-0.1, -0.05) is 13.8 Å². The van der Waals surface area contributed by atoms with Crippen LogP contribution < -0.4 is 10.6 Å². The van der Waals surface area contributed by atoms with Gasteiger partial charge in [-0.05, 0) is 63.4 Å². The van der Waals surface area contributed by atoms with Crippen LogP contribution in [0.25, 0.3) is 0 Å². The van der Waals surface area contributed by atoms with Crippen LogP contribution in [0.4, 0.5) is 5.69 Å². The highest BCUT2D eigenvalue weighted by atomic mass is 32.2. The molecule has 0 aliphatic rings. The molecule has 0 heterocycles. The van der Waals surface area contributed by atoms with Gasteiger partial charge >= 0.3 is 0 Å². The van der Waals surface area contributed by atoms with E-state index >= 15 is 0 Å². The number of thiocarbonyl (C=S) groups is 1. The first kappa shape index (κ1) is 21.8. The van der Waals surface area contributed by atoms with E-state index in [0.717, 1.165) is 17.7 Å². The summed E-state index contributed by atoms with van der Waals surface area (Å²) in [5.41, 5.74) is 2.61. The third-order valence-corrected chi connectivity index (χ3v) is 6.35. The predicted octanol–water partition coefficient (Wildman–Crippen LogP) is 2.18. The standard InChI is InChI=1S/C17H30N4O2S2/c1-7-21(8-2)25(22,23)15-11-13(3)14(4)16(12-15)19-17(24)18-9-10-20(5)6/h11-12H,7-10H2,1-6H3,(H2,18,19,24). The number of anilines is 1. The minimum atomic E-state index is -3.50. The average molecular weight is 387 g/mol. The lowest BCUT2D eigenvalue weighted by molar-refractivity contribution is 0.413. The van der Waals surface area contributed by atoms with Crippen molar-refractivity contribution in [2.75, 3.05) is 45.6 Å². The minimum Gasteiger partial charge on any atom is -0.361 e. The van der Waals surface area contributed by atoms with Gasteiger partial charge in [-0.2, -0.15) is 4.31 Å². The van der Waals surface area contributed by atoms with Crippen LogP contribution >= 0.6 is 12.2 Å². The Morgan fingerprint density at radius 3 is 2.28 bits per heavy atom. The first-order valence-corrected chi connectivity index (χ1v) is 10.3. The molecule has 0 aliphatic carbocycles. The summed E-state index contributed by atoms with van der Waals surface area (Å²) in [5, 5.41) is 6.75. The number of aryl methyl sites for hydroxylation is 1. The number of hydrogen-bond acceptors (Lipinski definition) is 4. The Kier molecular flexibility index (Phi) is 8.27. The van der Waals surface area contributed by atoms with Crippen molar-refractivity contribution in [3.05, 3.63) is 23.3 Å². The van der Waals surface area contributed by atoms with E-state index in [2.05, 4.69) is 15.5 Å². The second kappa shape index (κ2) is 9.47. The Morgan fingerprint density at radius 1 is 1.16 bits per heavy atom. The summed E-state index contributed by atoms with van der Waals surface area (Å²) >= 11 is 5.32. The molecule has 0 spiro atoms. The summed E-state index contributed by atoms with van der Waals surface area (Å²) in [7, 11) is 0.483. The lowest BCUT2D eigenvalue weighted by atomic mass is 10.1. The molecule has 0 aliphatic heterocycles. The highest BCUT2D eigenvalue weighted by Crippen LogP contribution is 2.26. The van der Waals surface area contributed by atoms with Gasteiger partial charge in [0.1, 0.15) is 0 Å². The molecule has 0 radical (unpaired) electrons. The maximum absolute atomic E-state index is 12.8. The van der Waals surface area contributed by atoms with E-state index in [9.17, 15) is 8.42 Å². The van der Waals surface area contributed by atoms with E-state index in [-0.39, 0.29) is 4.90 Å². The van der Waals surface area contributed by atoms with Gasteiger partial charge in [0.15, 0.2) is 5.11 Å².